The monoisotopic (exact) mass is 428 g/mol. The van der Waals surface area contributed by atoms with Crippen molar-refractivity contribution >= 4 is 54.1 Å². The molecule has 0 spiro atoms. The van der Waals surface area contributed by atoms with Gasteiger partial charge >= 0.3 is 0 Å². The second kappa shape index (κ2) is 7.92. The molecule has 1 amide bonds. The zero-order valence-corrected chi connectivity index (χ0v) is 17.9. The van der Waals surface area contributed by atoms with E-state index in [1.54, 1.807) is 0 Å². The Morgan fingerprint density at radius 1 is 1.28 bits per heavy atom. The second-order valence-corrected chi connectivity index (χ2v) is 8.82. The highest BCUT2D eigenvalue weighted by Crippen LogP contribution is 2.29. The Bertz CT molecular complexity index is 1270. The minimum atomic E-state index is -0.195. The summed E-state index contributed by atoms with van der Waals surface area (Å²) in [5.41, 5.74) is 1.67. The van der Waals surface area contributed by atoms with Crippen LogP contribution in [0.2, 0.25) is 0 Å². The second-order valence-electron chi connectivity index (χ2n) is 6.59. The van der Waals surface area contributed by atoms with Crippen LogP contribution in [0.1, 0.15) is 23.8 Å². The topological polar surface area (TPSA) is 86.1 Å². The van der Waals surface area contributed by atoms with Gasteiger partial charge in [0.25, 0.3) is 5.56 Å². The third-order valence-corrected chi connectivity index (χ3v) is 6.70. The van der Waals surface area contributed by atoms with E-state index in [0.29, 0.717) is 17.1 Å². The molecule has 0 saturated heterocycles. The zero-order valence-electron chi connectivity index (χ0n) is 16.3. The van der Waals surface area contributed by atoms with Gasteiger partial charge in [-0.05, 0) is 44.5 Å². The smallest absolute Gasteiger partial charge is 0.262 e. The number of anilines is 1. The molecule has 150 valence electrons. The van der Waals surface area contributed by atoms with Crippen molar-refractivity contribution in [3.63, 3.8) is 0 Å². The number of carbonyl (C=O) groups is 1. The molecule has 3 heterocycles. The number of rotatable bonds is 6. The largest absolute Gasteiger partial charge is 0.494 e. The fourth-order valence-electron chi connectivity index (χ4n) is 3.05. The lowest BCUT2D eigenvalue weighted by molar-refractivity contribution is -0.116. The summed E-state index contributed by atoms with van der Waals surface area (Å²) in [6, 6.07) is 5.65. The van der Waals surface area contributed by atoms with E-state index < -0.39 is 0 Å². The zero-order chi connectivity index (χ0) is 20.5. The molecule has 4 aromatic rings. The average molecular weight is 429 g/mol. The summed E-state index contributed by atoms with van der Waals surface area (Å²) in [6.45, 7) is 6.70. The van der Waals surface area contributed by atoms with E-state index in [-0.39, 0.29) is 24.4 Å². The number of aryl methyl sites for hydroxylation is 3. The third-order valence-electron chi connectivity index (χ3n) is 4.65. The molecule has 0 unspecified atom stereocenters. The fraction of sp³-hybridized carbons (Fsp3) is 0.300. The maximum atomic E-state index is 12.7. The van der Waals surface area contributed by atoms with Gasteiger partial charge in [-0.3, -0.25) is 14.2 Å². The molecule has 3 aromatic heterocycles. The Morgan fingerprint density at radius 2 is 2.10 bits per heavy atom. The number of nitrogens with one attached hydrogen (secondary N) is 1. The first kappa shape index (κ1) is 19.5. The number of thiophene rings is 1. The molecule has 4 rings (SSSR count). The Balaban J connectivity index is 1.46. The van der Waals surface area contributed by atoms with Gasteiger partial charge in [0.1, 0.15) is 10.6 Å². The Kier molecular flexibility index (Phi) is 5.33. The molecule has 0 aliphatic heterocycles. The maximum Gasteiger partial charge on any atom is 0.262 e. The molecular formula is C20H20N4O3S2. The fourth-order valence-corrected chi connectivity index (χ4v) is 4.95. The number of amides is 1. The van der Waals surface area contributed by atoms with Gasteiger partial charge in [0.15, 0.2) is 5.13 Å². The highest BCUT2D eigenvalue weighted by atomic mass is 32.1. The van der Waals surface area contributed by atoms with Crippen LogP contribution in [-0.2, 0) is 11.3 Å². The van der Waals surface area contributed by atoms with Crippen molar-refractivity contribution in [3.8, 4) is 5.75 Å². The van der Waals surface area contributed by atoms with E-state index >= 15 is 0 Å². The number of thiazole rings is 1. The van der Waals surface area contributed by atoms with Crippen molar-refractivity contribution in [1.82, 2.24) is 14.5 Å². The number of carbonyl (C=O) groups excluding carboxylic acids is 1. The lowest BCUT2D eigenvalue weighted by Gasteiger charge is -2.05. The third kappa shape index (κ3) is 3.88. The van der Waals surface area contributed by atoms with Crippen LogP contribution in [0.15, 0.2) is 29.3 Å². The summed E-state index contributed by atoms with van der Waals surface area (Å²) in [4.78, 5) is 35.7. The molecule has 0 bridgehead atoms. The number of hydrogen-bond acceptors (Lipinski definition) is 7. The normalized spacial score (nSPS) is 11.3. The standard InChI is InChI=1S/C20H20N4O3S2/c1-4-27-13-5-6-14-15(9-13)29-20(22-14)23-16(25)7-8-24-10-21-18-17(19(24)26)11(2)12(3)28-18/h5-6,9-10H,4,7-8H2,1-3H3,(H,22,23,25). The van der Waals surface area contributed by atoms with Crippen LogP contribution in [0.5, 0.6) is 5.75 Å². The molecule has 0 aliphatic carbocycles. The molecule has 1 N–H and O–H groups in total. The van der Waals surface area contributed by atoms with Crippen LogP contribution < -0.4 is 15.6 Å². The molecular weight excluding hydrogens is 408 g/mol. The SMILES string of the molecule is CCOc1ccc2nc(NC(=O)CCn3cnc4sc(C)c(C)c4c3=O)sc2c1. The summed E-state index contributed by atoms with van der Waals surface area (Å²) in [5.74, 6) is 0.585. The molecule has 0 atom stereocenters. The van der Waals surface area contributed by atoms with Gasteiger partial charge < -0.3 is 10.1 Å². The molecule has 9 heteroatoms. The predicted octanol–water partition coefficient (Wildman–Crippen LogP) is 4.11. The van der Waals surface area contributed by atoms with Crippen LogP contribution >= 0.6 is 22.7 Å². The Labute approximate surface area is 175 Å². The average Bonchev–Trinajstić information content (AvgIpc) is 3.21. The number of benzene rings is 1. The summed E-state index contributed by atoms with van der Waals surface area (Å²) < 4.78 is 7.94. The lowest BCUT2D eigenvalue weighted by atomic mass is 10.2. The van der Waals surface area contributed by atoms with E-state index in [4.69, 9.17) is 4.74 Å². The van der Waals surface area contributed by atoms with Gasteiger partial charge in [0.05, 0.1) is 28.5 Å². The van der Waals surface area contributed by atoms with Crippen LogP contribution in [0.25, 0.3) is 20.4 Å². The van der Waals surface area contributed by atoms with E-state index in [2.05, 4.69) is 15.3 Å². The minimum absolute atomic E-state index is 0.104. The van der Waals surface area contributed by atoms with Crippen molar-refractivity contribution in [2.45, 2.75) is 33.7 Å². The molecule has 7 nitrogen and oxygen atoms in total. The highest BCUT2D eigenvalue weighted by Gasteiger charge is 2.13. The molecule has 29 heavy (non-hydrogen) atoms. The number of hydrogen-bond donors (Lipinski definition) is 1. The van der Waals surface area contributed by atoms with Crippen LogP contribution in [0.3, 0.4) is 0 Å². The molecule has 0 fully saturated rings. The summed E-state index contributed by atoms with van der Waals surface area (Å²) >= 11 is 2.91. The van der Waals surface area contributed by atoms with E-state index in [1.807, 2.05) is 39.0 Å². The Hall–Kier alpha value is -2.78. The first-order chi connectivity index (χ1) is 14.0. The number of aromatic nitrogens is 3. The van der Waals surface area contributed by atoms with Crippen LogP contribution in [0.4, 0.5) is 5.13 Å². The molecule has 1 aromatic carbocycles. The lowest BCUT2D eigenvalue weighted by Crippen LogP contribution is -2.23. The predicted molar refractivity (Wildman–Crippen MR) is 117 cm³/mol. The number of ether oxygens (including phenoxy) is 1. The summed E-state index contributed by atoms with van der Waals surface area (Å²) in [6.07, 6.45) is 1.68. The van der Waals surface area contributed by atoms with Gasteiger partial charge in [0, 0.05) is 17.8 Å². The van der Waals surface area contributed by atoms with Crippen molar-refractivity contribution in [3.05, 3.63) is 45.3 Å². The van der Waals surface area contributed by atoms with E-state index in [9.17, 15) is 9.59 Å². The number of fused-ring (bicyclic) bond motifs is 2. The van der Waals surface area contributed by atoms with Gasteiger partial charge in [-0.25, -0.2) is 9.97 Å². The van der Waals surface area contributed by atoms with Crippen molar-refractivity contribution in [2.75, 3.05) is 11.9 Å². The minimum Gasteiger partial charge on any atom is -0.494 e. The van der Waals surface area contributed by atoms with Crippen LogP contribution in [0, 0.1) is 13.8 Å². The van der Waals surface area contributed by atoms with Gasteiger partial charge in [0.2, 0.25) is 5.91 Å². The quantitative estimate of drug-likeness (QED) is 0.499. The van der Waals surface area contributed by atoms with E-state index in [1.165, 1.54) is 33.6 Å². The molecule has 0 aliphatic rings. The van der Waals surface area contributed by atoms with Crippen molar-refractivity contribution < 1.29 is 9.53 Å². The maximum absolute atomic E-state index is 12.7. The number of nitrogens with zero attached hydrogens (tertiary/aromatic N) is 3. The first-order valence-electron chi connectivity index (χ1n) is 9.24. The molecule has 0 radical (unpaired) electrons. The molecule has 0 saturated carbocycles. The summed E-state index contributed by atoms with van der Waals surface area (Å²) in [7, 11) is 0. The Morgan fingerprint density at radius 3 is 2.90 bits per heavy atom. The van der Waals surface area contributed by atoms with E-state index in [0.717, 1.165) is 31.2 Å². The summed E-state index contributed by atoms with van der Waals surface area (Å²) in [5, 5.41) is 4.00. The van der Waals surface area contributed by atoms with Gasteiger partial charge in [-0.15, -0.1) is 11.3 Å². The van der Waals surface area contributed by atoms with Gasteiger partial charge in [-0.2, -0.15) is 0 Å². The van der Waals surface area contributed by atoms with Crippen LogP contribution in [-0.4, -0.2) is 27.0 Å². The van der Waals surface area contributed by atoms with Crippen molar-refractivity contribution in [1.29, 1.82) is 0 Å². The highest BCUT2D eigenvalue weighted by molar-refractivity contribution is 7.22. The van der Waals surface area contributed by atoms with Crippen molar-refractivity contribution in [2.24, 2.45) is 0 Å². The first-order valence-corrected chi connectivity index (χ1v) is 10.9. The van der Waals surface area contributed by atoms with Gasteiger partial charge in [-0.1, -0.05) is 11.3 Å².